The fourth-order valence-electron chi connectivity index (χ4n) is 1.87. The van der Waals surface area contributed by atoms with Gasteiger partial charge in [-0.05, 0) is 12.1 Å². The summed E-state index contributed by atoms with van der Waals surface area (Å²) in [6.45, 7) is 0. The van der Waals surface area contributed by atoms with Gasteiger partial charge in [0.05, 0.1) is 18.2 Å². The second kappa shape index (κ2) is 4.93. The van der Waals surface area contributed by atoms with E-state index in [2.05, 4.69) is 10.7 Å². The first-order valence-electron chi connectivity index (χ1n) is 5.51. The minimum absolute atomic E-state index is 0.0648. The van der Waals surface area contributed by atoms with Crippen molar-refractivity contribution in [3.8, 4) is 18.1 Å². The monoisotopic (exact) mass is 282 g/mol. The van der Waals surface area contributed by atoms with Gasteiger partial charge in [-0.25, -0.2) is 4.79 Å². The number of halogens is 3. The first-order valence-corrected chi connectivity index (χ1v) is 5.51. The Hall–Kier alpha value is -2.42. The van der Waals surface area contributed by atoms with Crippen LogP contribution in [0.4, 0.5) is 13.2 Å². The van der Waals surface area contributed by atoms with Crippen LogP contribution in [0.3, 0.4) is 0 Å². The van der Waals surface area contributed by atoms with Gasteiger partial charge in [-0.3, -0.25) is 0 Å². The lowest BCUT2D eigenvalue weighted by molar-refractivity contribution is -0.187. The maximum absolute atomic E-state index is 13.0. The standard InChI is InChI=1S/C14H9F3O3/c1-3-8-5-4-6-9-7-10(13(18)19-2)12(14(15,16)17)20-11(8)9/h1,4-7,12H,2H3. The van der Waals surface area contributed by atoms with Gasteiger partial charge in [-0.1, -0.05) is 18.1 Å². The van der Waals surface area contributed by atoms with Crippen LogP contribution in [0, 0.1) is 12.3 Å². The molecule has 1 aromatic carbocycles. The fraction of sp³-hybridized carbons (Fsp3) is 0.214. The summed E-state index contributed by atoms with van der Waals surface area (Å²) in [4.78, 5) is 11.5. The van der Waals surface area contributed by atoms with E-state index in [4.69, 9.17) is 11.2 Å². The highest BCUT2D eigenvalue weighted by Crippen LogP contribution is 2.39. The Kier molecular flexibility index (Phi) is 3.45. The summed E-state index contributed by atoms with van der Waals surface area (Å²) < 4.78 is 48.3. The SMILES string of the molecule is C#Cc1cccc2c1OC(C(F)(F)F)C(C(=O)OC)=C2. The summed E-state index contributed by atoms with van der Waals surface area (Å²) in [6, 6.07) is 4.53. The minimum atomic E-state index is -4.75. The van der Waals surface area contributed by atoms with Gasteiger partial charge in [0.15, 0.2) is 0 Å². The van der Waals surface area contributed by atoms with Crippen LogP contribution in [-0.4, -0.2) is 25.4 Å². The van der Waals surface area contributed by atoms with Gasteiger partial charge in [0.25, 0.3) is 0 Å². The number of esters is 1. The van der Waals surface area contributed by atoms with E-state index in [0.29, 0.717) is 5.56 Å². The molecule has 0 bridgehead atoms. The van der Waals surface area contributed by atoms with Crippen LogP contribution in [-0.2, 0) is 9.53 Å². The van der Waals surface area contributed by atoms with Crippen molar-refractivity contribution in [1.29, 1.82) is 0 Å². The Balaban J connectivity index is 2.60. The molecule has 0 fully saturated rings. The average molecular weight is 282 g/mol. The second-order valence-corrected chi connectivity index (χ2v) is 4.00. The molecule has 1 unspecified atom stereocenters. The predicted molar refractivity (Wildman–Crippen MR) is 64.8 cm³/mol. The molecule has 0 spiro atoms. The molecule has 104 valence electrons. The largest absolute Gasteiger partial charge is 0.474 e. The van der Waals surface area contributed by atoms with Gasteiger partial charge in [0, 0.05) is 5.56 Å². The molecule has 1 heterocycles. The zero-order chi connectivity index (χ0) is 14.9. The summed E-state index contributed by atoms with van der Waals surface area (Å²) in [5.41, 5.74) is -0.111. The lowest BCUT2D eigenvalue weighted by Gasteiger charge is -2.28. The smallest absolute Gasteiger partial charge is 0.430 e. The summed E-state index contributed by atoms with van der Waals surface area (Å²) >= 11 is 0. The van der Waals surface area contributed by atoms with Crippen molar-refractivity contribution in [1.82, 2.24) is 0 Å². The molecule has 0 N–H and O–H groups in total. The van der Waals surface area contributed by atoms with Crippen LogP contribution in [0.5, 0.6) is 5.75 Å². The second-order valence-electron chi connectivity index (χ2n) is 4.00. The van der Waals surface area contributed by atoms with Crippen molar-refractivity contribution in [2.24, 2.45) is 0 Å². The highest BCUT2D eigenvalue weighted by Gasteiger charge is 2.49. The first-order chi connectivity index (χ1) is 9.38. The van der Waals surface area contributed by atoms with Crippen LogP contribution in [0.15, 0.2) is 23.8 Å². The van der Waals surface area contributed by atoms with E-state index < -0.39 is 23.8 Å². The number of ether oxygens (including phenoxy) is 2. The molecule has 0 aromatic heterocycles. The number of benzene rings is 1. The Bertz CT molecular complexity index is 624. The molecule has 0 saturated carbocycles. The normalized spacial score (nSPS) is 17.4. The number of carbonyl (C=O) groups is 1. The molecular weight excluding hydrogens is 273 g/mol. The summed E-state index contributed by atoms with van der Waals surface area (Å²) in [7, 11) is 1.00. The number of fused-ring (bicyclic) bond motifs is 1. The molecule has 0 radical (unpaired) electrons. The third-order valence-corrected chi connectivity index (χ3v) is 2.75. The number of para-hydroxylation sites is 1. The Morgan fingerprint density at radius 2 is 2.15 bits per heavy atom. The van der Waals surface area contributed by atoms with E-state index in [1.165, 1.54) is 12.1 Å². The van der Waals surface area contributed by atoms with Crippen molar-refractivity contribution in [3.05, 3.63) is 34.9 Å². The molecule has 6 heteroatoms. The fourth-order valence-corrected chi connectivity index (χ4v) is 1.87. The molecule has 20 heavy (non-hydrogen) atoms. The zero-order valence-corrected chi connectivity index (χ0v) is 10.3. The number of hydrogen-bond acceptors (Lipinski definition) is 3. The van der Waals surface area contributed by atoms with E-state index in [-0.39, 0.29) is 11.3 Å². The summed E-state index contributed by atoms with van der Waals surface area (Å²) in [5.74, 6) is 1.09. The molecule has 0 aliphatic carbocycles. The molecule has 1 aliphatic heterocycles. The molecule has 0 saturated heterocycles. The lowest BCUT2D eigenvalue weighted by atomic mass is 9.99. The van der Waals surface area contributed by atoms with Crippen LogP contribution in [0.1, 0.15) is 11.1 Å². The van der Waals surface area contributed by atoms with Gasteiger partial charge < -0.3 is 9.47 Å². The number of hydrogen-bond donors (Lipinski definition) is 0. The quantitative estimate of drug-likeness (QED) is 0.586. The molecular formula is C14H9F3O3. The van der Waals surface area contributed by atoms with E-state index in [1.54, 1.807) is 6.07 Å². The van der Waals surface area contributed by atoms with E-state index in [1.807, 2.05) is 0 Å². The van der Waals surface area contributed by atoms with Crippen molar-refractivity contribution in [3.63, 3.8) is 0 Å². The lowest BCUT2D eigenvalue weighted by Crippen LogP contribution is -2.40. The van der Waals surface area contributed by atoms with Crippen LogP contribution in [0.25, 0.3) is 6.08 Å². The zero-order valence-electron chi connectivity index (χ0n) is 10.3. The van der Waals surface area contributed by atoms with Crippen molar-refractivity contribution < 1.29 is 27.4 Å². The molecule has 1 atom stereocenters. The van der Waals surface area contributed by atoms with E-state index >= 15 is 0 Å². The first kappa shape index (κ1) is 14.0. The van der Waals surface area contributed by atoms with Crippen LogP contribution in [0.2, 0.25) is 0 Å². The number of methoxy groups -OCH3 is 1. The van der Waals surface area contributed by atoms with Gasteiger partial charge in [0.1, 0.15) is 5.75 Å². The maximum atomic E-state index is 13.0. The highest BCUT2D eigenvalue weighted by atomic mass is 19.4. The van der Waals surface area contributed by atoms with Gasteiger partial charge >= 0.3 is 12.1 Å². The average Bonchev–Trinajstić information content (AvgIpc) is 2.43. The van der Waals surface area contributed by atoms with Crippen molar-refractivity contribution >= 4 is 12.0 Å². The topological polar surface area (TPSA) is 35.5 Å². The number of terminal acetylenes is 1. The van der Waals surface area contributed by atoms with Gasteiger partial charge in [-0.2, -0.15) is 13.2 Å². The molecule has 1 aliphatic rings. The van der Waals surface area contributed by atoms with Crippen molar-refractivity contribution in [2.75, 3.05) is 7.11 Å². The molecule has 2 rings (SSSR count). The minimum Gasteiger partial charge on any atom is -0.474 e. The number of rotatable bonds is 1. The van der Waals surface area contributed by atoms with E-state index in [0.717, 1.165) is 13.2 Å². The van der Waals surface area contributed by atoms with E-state index in [9.17, 15) is 18.0 Å². The predicted octanol–water partition coefficient (Wildman–Crippen LogP) is 2.55. The maximum Gasteiger partial charge on any atom is 0.430 e. The Labute approximate surface area is 113 Å². The van der Waals surface area contributed by atoms with Gasteiger partial charge in [0.2, 0.25) is 6.10 Å². The highest BCUT2D eigenvalue weighted by molar-refractivity contribution is 5.96. The molecule has 1 aromatic rings. The Morgan fingerprint density at radius 1 is 1.45 bits per heavy atom. The third kappa shape index (κ3) is 2.35. The number of alkyl halides is 3. The van der Waals surface area contributed by atoms with Crippen LogP contribution >= 0.6 is 0 Å². The Morgan fingerprint density at radius 3 is 2.70 bits per heavy atom. The molecule has 0 amide bonds. The third-order valence-electron chi connectivity index (χ3n) is 2.75. The summed E-state index contributed by atoms with van der Waals surface area (Å²) in [6.07, 6.45) is -0.830. The summed E-state index contributed by atoms with van der Waals surface area (Å²) in [5, 5.41) is 0. The number of carbonyl (C=O) groups excluding carboxylic acids is 1. The molecule has 3 nitrogen and oxygen atoms in total. The van der Waals surface area contributed by atoms with Gasteiger partial charge in [-0.15, -0.1) is 6.42 Å². The van der Waals surface area contributed by atoms with Crippen LogP contribution < -0.4 is 4.74 Å². The van der Waals surface area contributed by atoms with Crippen molar-refractivity contribution in [2.45, 2.75) is 12.3 Å².